The molecule has 1 aromatic rings. The fourth-order valence-electron chi connectivity index (χ4n) is 2.86. The van der Waals surface area contributed by atoms with Crippen LogP contribution < -0.4 is 5.32 Å². The van der Waals surface area contributed by atoms with Crippen LogP contribution in [0.5, 0.6) is 0 Å². The molecule has 25 heavy (non-hydrogen) atoms. The van der Waals surface area contributed by atoms with Crippen molar-refractivity contribution in [1.82, 2.24) is 5.32 Å². The molecular formula is C19H34NO4P. The van der Waals surface area contributed by atoms with Gasteiger partial charge in [0, 0.05) is 13.2 Å². The number of unbranched alkanes of at least 4 members (excludes halogenated alkanes) is 6. The van der Waals surface area contributed by atoms with E-state index in [1.54, 1.807) is 0 Å². The summed E-state index contributed by atoms with van der Waals surface area (Å²) in [5, 5.41) is 11.8. The number of aryl methyl sites for hydroxylation is 1. The van der Waals surface area contributed by atoms with E-state index in [9.17, 15) is 14.4 Å². The van der Waals surface area contributed by atoms with Crippen molar-refractivity contribution in [1.29, 1.82) is 0 Å². The maximum atomic E-state index is 11.3. The zero-order valence-electron chi connectivity index (χ0n) is 15.4. The van der Waals surface area contributed by atoms with E-state index in [1.807, 2.05) is 12.1 Å². The van der Waals surface area contributed by atoms with Crippen LogP contribution in [0.1, 0.15) is 69.4 Å². The van der Waals surface area contributed by atoms with Crippen molar-refractivity contribution >= 4 is 7.60 Å². The van der Waals surface area contributed by atoms with Crippen molar-refractivity contribution in [3.8, 4) is 0 Å². The molecule has 1 aromatic carbocycles. The van der Waals surface area contributed by atoms with Gasteiger partial charge >= 0.3 is 7.60 Å². The van der Waals surface area contributed by atoms with Crippen molar-refractivity contribution in [3.63, 3.8) is 0 Å². The second-order valence-electron chi connectivity index (χ2n) is 6.69. The lowest BCUT2D eigenvalue weighted by Crippen LogP contribution is -2.29. The molecule has 0 amide bonds. The van der Waals surface area contributed by atoms with E-state index in [4.69, 9.17) is 5.11 Å². The normalized spacial score (nSPS) is 13.1. The van der Waals surface area contributed by atoms with E-state index in [2.05, 4.69) is 24.4 Å². The number of benzene rings is 1. The minimum absolute atomic E-state index is 0.0423. The van der Waals surface area contributed by atoms with Gasteiger partial charge in [-0.1, -0.05) is 69.7 Å². The lowest BCUT2D eigenvalue weighted by atomic mass is 10.0. The van der Waals surface area contributed by atoms with Crippen molar-refractivity contribution in [2.45, 2.75) is 77.0 Å². The van der Waals surface area contributed by atoms with Gasteiger partial charge in [-0.15, -0.1) is 0 Å². The molecular weight excluding hydrogens is 337 g/mol. The Balaban J connectivity index is 2.30. The fraction of sp³-hybridized carbons (Fsp3) is 0.684. The first-order valence-electron chi connectivity index (χ1n) is 9.44. The molecule has 4 N–H and O–H groups in total. The Hall–Kier alpha value is -0.710. The molecule has 144 valence electrons. The molecule has 5 nitrogen and oxygen atoms in total. The van der Waals surface area contributed by atoms with Crippen molar-refractivity contribution in [2.75, 3.05) is 6.61 Å². The molecule has 0 saturated heterocycles. The lowest BCUT2D eigenvalue weighted by molar-refractivity contribution is 0.264. The Labute approximate surface area is 152 Å². The predicted octanol–water partition coefficient (Wildman–Crippen LogP) is 3.96. The van der Waals surface area contributed by atoms with E-state index in [1.165, 1.54) is 50.5 Å². The number of hydrogen-bond donors (Lipinski definition) is 4. The maximum absolute atomic E-state index is 11.3. The molecule has 1 unspecified atom stereocenters. The van der Waals surface area contributed by atoms with Gasteiger partial charge in [-0.05, 0) is 30.4 Å². The maximum Gasteiger partial charge on any atom is 0.342 e. The second kappa shape index (κ2) is 12.6. The number of aliphatic hydroxyl groups excluding tert-OH is 1. The Morgan fingerprint density at radius 2 is 1.52 bits per heavy atom. The third kappa shape index (κ3) is 10.1. The van der Waals surface area contributed by atoms with Gasteiger partial charge in [0.1, 0.15) is 5.78 Å². The number of aliphatic hydroxyl groups is 1. The third-order valence-electron chi connectivity index (χ3n) is 4.44. The van der Waals surface area contributed by atoms with Crippen molar-refractivity contribution in [2.24, 2.45) is 0 Å². The highest BCUT2D eigenvalue weighted by Crippen LogP contribution is 2.41. The van der Waals surface area contributed by atoms with Crippen molar-refractivity contribution < 1.29 is 19.5 Å². The number of nitrogens with one attached hydrogen (secondary N) is 1. The molecule has 0 fully saturated rings. The molecule has 6 heteroatoms. The first-order chi connectivity index (χ1) is 12.0. The quantitative estimate of drug-likeness (QED) is 0.294. The van der Waals surface area contributed by atoms with Gasteiger partial charge in [0.25, 0.3) is 0 Å². The van der Waals surface area contributed by atoms with Crippen LogP contribution in [0.2, 0.25) is 0 Å². The Morgan fingerprint density at radius 3 is 2.08 bits per heavy atom. The molecule has 0 aliphatic rings. The van der Waals surface area contributed by atoms with Crippen molar-refractivity contribution in [3.05, 3.63) is 35.4 Å². The van der Waals surface area contributed by atoms with E-state index in [-0.39, 0.29) is 13.0 Å². The number of rotatable bonds is 14. The average Bonchev–Trinajstić information content (AvgIpc) is 2.58. The first kappa shape index (κ1) is 22.3. The van der Waals surface area contributed by atoms with Crippen LogP contribution in [0.25, 0.3) is 0 Å². The van der Waals surface area contributed by atoms with Crippen LogP contribution >= 0.6 is 7.60 Å². The SMILES string of the molecule is CCCCCCCCCc1ccc(CNC(CCO)P(=O)(O)O)cc1. The van der Waals surface area contributed by atoms with Crippen LogP contribution in [0.15, 0.2) is 24.3 Å². The molecule has 0 aliphatic heterocycles. The minimum Gasteiger partial charge on any atom is -0.396 e. The van der Waals surface area contributed by atoms with E-state index >= 15 is 0 Å². The van der Waals surface area contributed by atoms with Gasteiger partial charge in [-0.2, -0.15) is 0 Å². The first-order valence-corrected chi connectivity index (χ1v) is 11.1. The molecule has 1 rings (SSSR count). The average molecular weight is 371 g/mol. The Bertz CT molecular complexity index is 501. The van der Waals surface area contributed by atoms with Crippen LogP contribution in [-0.2, 0) is 17.5 Å². The summed E-state index contributed by atoms with van der Waals surface area (Å²) < 4.78 is 11.3. The van der Waals surface area contributed by atoms with Gasteiger partial charge in [-0.25, -0.2) is 0 Å². The monoisotopic (exact) mass is 371 g/mol. The summed E-state index contributed by atoms with van der Waals surface area (Å²) in [5.41, 5.74) is 2.29. The third-order valence-corrected chi connectivity index (χ3v) is 5.70. The van der Waals surface area contributed by atoms with Gasteiger partial charge < -0.3 is 14.9 Å². The van der Waals surface area contributed by atoms with Gasteiger partial charge in [0.15, 0.2) is 0 Å². The Kier molecular flexibility index (Phi) is 11.3. The summed E-state index contributed by atoms with van der Waals surface area (Å²) in [4.78, 5) is 18.5. The van der Waals surface area contributed by atoms with E-state index in [0.29, 0.717) is 6.54 Å². The molecule has 0 heterocycles. The van der Waals surface area contributed by atoms with Crippen LogP contribution in [0, 0.1) is 0 Å². The molecule has 0 aliphatic carbocycles. The summed E-state index contributed by atoms with van der Waals surface area (Å²) in [7, 11) is -4.24. The predicted molar refractivity (Wildman–Crippen MR) is 103 cm³/mol. The topological polar surface area (TPSA) is 89.8 Å². The molecule has 1 atom stereocenters. The smallest absolute Gasteiger partial charge is 0.342 e. The van der Waals surface area contributed by atoms with Gasteiger partial charge in [0.05, 0.1) is 0 Å². The Morgan fingerprint density at radius 1 is 0.960 bits per heavy atom. The molecule has 0 saturated carbocycles. The summed E-state index contributed by atoms with van der Waals surface area (Å²) in [6.45, 7) is 2.37. The largest absolute Gasteiger partial charge is 0.396 e. The standard InChI is InChI=1S/C19H34NO4P/c1-2-3-4-5-6-7-8-9-17-10-12-18(13-11-17)16-20-19(14-15-21)25(22,23)24/h10-13,19-21H,2-9,14-16H2,1H3,(H2,22,23,24). The molecule has 0 radical (unpaired) electrons. The van der Waals surface area contributed by atoms with Gasteiger partial charge in [0.2, 0.25) is 0 Å². The zero-order valence-corrected chi connectivity index (χ0v) is 16.3. The van der Waals surface area contributed by atoms with Crippen LogP contribution in [0.4, 0.5) is 0 Å². The summed E-state index contributed by atoms with van der Waals surface area (Å²) in [6.07, 6.45) is 10.2. The highest BCUT2D eigenvalue weighted by Gasteiger charge is 2.27. The van der Waals surface area contributed by atoms with Gasteiger partial charge in [-0.3, -0.25) is 9.88 Å². The van der Waals surface area contributed by atoms with Crippen LogP contribution in [-0.4, -0.2) is 27.3 Å². The number of hydrogen-bond acceptors (Lipinski definition) is 3. The minimum atomic E-state index is -4.24. The summed E-state index contributed by atoms with van der Waals surface area (Å²) >= 11 is 0. The highest BCUT2D eigenvalue weighted by atomic mass is 31.2. The second-order valence-corrected chi connectivity index (χ2v) is 8.49. The molecule has 0 bridgehead atoms. The van der Waals surface area contributed by atoms with Crippen LogP contribution in [0.3, 0.4) is 0 Å². The van der Waals surface area contributed by atoms with E-state index in [0.717, 1.165) is 12.0 Å². The summed E-state index contributed by atoms with van der Waals surface area (Å²) in [6, 6.07) is 8.18. The lowest BCUT2D eigenvalue weighted by Gasteiger charge is -2.19. The van der Waals surface area contributed by atoms with E-state index < -0.39 is 13.4 Å². The molecule has 0 aromatic heterocycles. The highest BCUT2D eigenvalue weighted by molar-refractivity contribution is 7.52. The molecule has 0 spiro atoms. The fourth-order valence-corrected chi connectivity index (χ4v) is 3.64. The summed E-state index contributed by atoms with van der Waals surface area (Å²) in [5.74, 6) is -0.995. The zero-order chi connectivity index (χ0) is 18.5.